The maximum absolute atomic E-state index is 4.71. The van der Waals surface area contributed by atoms with Crippen LogP contribution in [0.15, 0.2) is 30.3 Å². The van der Waals surface area contributed by atoms with Gasteiger partial charge in [-0.2, -0.15) is 42.8 Å². The van der Waals surface area contributed by atoms with Crippen LogP contribution in [0.5, 0.6) is 0 Å². The first-order chi connectivity index (χ1) is 11.6. The second-order valence-electron chi connectivity index (χ2n) is 5.80. The van der Waals surface area contributed by atoms with E-state index in [1.807, 2.05) is 30.3 Å². The Morgan fingerprint density at radius 1 is 0.880 bits per heavy atom. The van der Waals surface area contributed by atoms with Crippen LogP contribution < -0.4 is 5.73 Å². The summed E-state index contributed by atoms with van der Waals surface area (Å²) in [6, 6.07) is 12.5. The van der Waals surface area contributed by atoms with Gasteiger partial charge < -0.3 is 12.7 Å². The molecule has 0 unspecified atom stereocenters. The average Bonchev–Trinajstić information content (AvgIpc) is 2.58. The maximum atomic E-state index is 4.71. The topological polar surface area (TPSA) is 26.0 Å². The Hall–Kier alpha value is 0.0834. The van der Waals surface area contributed by atoms with Gasteiger partial charge in [-0.3, -0.25) is 0 Å². The number of hydrogen-bond donors (Lipinski definition) is 2. The van der Waals surface area contributed by atoms with Gasteiger partial charge in [-0.15, -0.1) is 12.6 Å². The first-order valence-electron chi connectivity index (χ1n) is 9.33. The van der Waals surface area contributed by atoms with Crippen molar-refractivity contribution >= 4 is 29.2 Å². The van der Waals surface area contributed by atoms with Gasteiger partial charge in [0.25, 0.3) is 0 Å². The third-order valence-corrected chi connectivity index (χ3v) is 3.46. The number of thiocarbonyl (C=S) groups is 1. The van der Waals surface area contributed by atoms with Crippen LogP contribution >= 0.6 is 24.8 Å². The van der Waals surface area contributed by atoms with E-state index in [0.29, 0.717) is 0 Å². The monoisotopic (exact) mass is 431 g/mol. The Kier molecular flexibility index (Phi) is 34.4. The molecule has 0 heterocycles. The van der Waals surface area contributed by atoms with Crippen molar-refractivity contribution in [2.45, 2.75) is 84.0 Å². The molecule has 1 aromatic rings. The smallest absolute Gasteiger partial charge is 0.385 e. The summed E-state index contributed by atoms with van der Waals surface area (Å²) in [6.45, 7) is 6.14. The van der Waals surface area contributed by atoms with Gasteiger partial charge in [-0.05, 0) is 0 Å². The Bertz CT molecular complexity index is 291. The quantitative estimate of drug-likeness (QED) is 0.127. The van der Waals surface area contributed by atoms with Crippen molar-refractivity contribution in [3.05, 3.63) is 43.3 Å². The number of thiol groups is 1. The van der Waals surface area contributed by atoms with Gasteiger partial charge in [0.2, 0.25) is 0 Å². The summed E-state index contributed by atoms with van der Waals surface area (Å²) >= 11 is 7.65. The van der Waals surface area contributed by atoms with Crippen LogP contribution in [-0.4, -0.2) is 4.32 Å². The first-order valence-corrected chi connectivity index (χ1v) is 10.2. The van der Waals surface area contributed by atoms with Crippen molar-refractivity contribution in [2.75, 3.05) is 0 Å². The van der Waals surface area contributed by atoms with Crippen molar-refractivity contribution in [1.82, 2.24) is 0 Å². The normalized spacial score (nSPS) is 8.92. The fourth-order valence-electron chi connectivity index (χ4n) is 2.18. The van der Waals surface area contributed by atoms with Gasteiger partial charge in [0, 0.05) is 0 Å². The van der Waals surface area contributed by atoms with E-state index in [4.69, 9.17) is 5.73 Å². The summed E-state index contributed by atoms with van der Waals surface area (Å²) in [7, 11) is 0. The van der Waals surface area contributed by atoms with Gasteiger partial charge in [0.1, 0.15) is 4.32 Å². The SMILES string of the molecule is NC(=S)S.[CH2-]CCCCCCCCCCCCC.[Zn+2].[c-]1ccccc1. The molecule has 25 heavy (non-hydrogen) atoms. The van der Waals surface area contributed by atoms with Crippen molar-refractivity contribution in [3.63, 3.8) is 0 Å². The molecule has 0 aliphatic rings. The molecule has 2 N–H and O–H groups in total. The number of nitrogens with two attached hydrogens (primary N) is 1. The number of hydrogen-bond acceptors (Lipinski definition) is 1. The third-order valence-electron chi connectivity index (χ3n) is 3.46. The maximum Gasteiger partial charge on any atom is 2.00 e. The Morgan fingerprint density at radius 2 is 1.24 bits per heavy atom. The summed E-state index contributed by atoms with van der Waals surface area (Å²) in [5, 5.41) is 0. The van der Waals surface area contributed by atoms with Crippen LogP contribution in [-0.2, 0) is 19.5 Å². The molecular weight excluding hydrogens is 396 g/mol. The van der Waals surface area contributed by atoms with E-state index in [-0.39, 0.29) is 23.8 Å². The molecule has 0 fully saturated rings. The van der Waals surface area contributed by atoms with Crippen LogP contribution in [0.25, 0.3) is 0 Å². The number of benzene rings is 1. The molecule has 0 radical (unpaired) electrons. The van der Waals surface area contributed by atoms with E-state index in [9.17, 15) is 0 Å². The standard InChI is InChI=1S/C14H29.C6H5.CH3NS2.Zn/c1-3-5-7-9-11-13-14-12-10-8-6-4-2;1-2-4-6-5-3-1;2-1(3)4;/h1,3-14H2,2H3;1-5H;(H3,2,3,4);/q2*-1;;+2. The molecule has 0 saturated heterocycles. The van der Waals surface area contributed by atoms with Gasteiger partial charge in [0.05, 0.1) is 0 Å². The van der Waals surface area contributed by atoms with E-state index in [0.717, 1.165) is 6.42 Å². The summed E-state index contributed by atoms with van der Waals surface area (Å²) in [5.74, 6) is 0. The Labute approximate surface area is 181 Å². The molecule has 140 valence electrons. The van der Waals surface area contributed by atoms with Gasteiger partial charge in [0.15, 0.2) is 0 Å². The molecule has 1 rings (SSSR count). The molecule has 1 nitrogen and oxygen atoms in total. The van der Waals surface area contributed by atoms with Crippen molar-refractivity contribution < 1.29 is 19.5 Å². The minimum absolute atomic E-state index is 0. The van der Waals surface area contributed by atoms with E-state index < -0.39 is 0 Å². The molecule has 1 aromatic carbocycles. The fraction of sp³-hybridized carbons (Fsp3) is 0.619. The Balaban J connectivity index is -0.000000361. The molecule has 0 aromatic heterocycles. The van der Waals surface area contributed by atoms with Gasteiger partial charge in [-0.25, -0.2) is 0 Å². The second-order valence-corrected chi connectivity index (χ2v) is 7.03. The van der Waals surface area contributed by atoms with Crippen LogP contribution in [0.3, 0.4) is 0 Å². The molecule has 0 atom stereocenters. The molecular formula is C21H37NS2Zn. The zero-order valence-electron chi connectivity index (χ0n) is 16.2. The second kappa shape index (κ2) is 28.9. The third kappa shape index (κ3) is 40.2. The molecule has 4 heteroatoms. The molecule has 0 spiro atoms. The summed E-state index contributed by atoms with van der Waals surface area (Å²) < 4.78 is 0.194. The minimum Gasteiger partial charge on any atom is -0.385 e. The van der Waals surface area contributed by atoms with E-state index >= 15 is 0 Å². The predicted octanol–water partition coefficient (Wildman–Crippen LogP) is 7.17. The van der Waals surface area contributed by atoms with Crippen molar-refractivity contribution in [3.8, 4) is 0 Å². The molecule has 0 bridgehead atoms. The summed E-state index contributed by atoms with van der Waals surface area (Å²) in [5.41, 5.74) is 4.71. The molecule has 0 amide bonds. The van der Waals surface area contributed by atoms with E-state index in [1.54, 1.807) is 0 Å². The van der Waals surface area contributed by atoms with E-state index in [1.165, 1.54) is 70.6 Å². The van der Waals surface area contributed by atoms with Gasteiger partial charge in [-0.1, -0.05) is 89.8 Å². The van der Waals surface area contributed by atoms with Gasteiger partial charge >= 0.3 is 19.5 Å². The van der Waals surface area contributed by atoms with Crippen LogP contribution in [0.4, 0.5) is 0 Å². The Morgan fingerprint density at radius 3 is 1.48 bits per heavy atom. The van der Waals surface area contributed by atoms with Crippen LogP contribution in [0.1, 0.15) is 84.0 Å². The van der Waals surface area contributed by atoms with Crippen LogP contribution in [0.2, 0.25) is 0 Å². The number of rotatable bonds is 11. The average molecular weight is 433 g/mol. The fourth-order valence-corrected chi connectivity index (χ4v) is 2.18. The van der Waals surface area contributed by atoms with Crippen molar-refractivity contribution in [2.24, 2.45) is 5.73 Å². The zero-order valence-corrected chi connectivity index (χ0v) is 20.9. The predicted molar refractivity (Wildman–Crippen MR) is 117 cm³/mol. The number of unbranched alkanes of at least 4 members (excludes halogenated alkanes) is 11. The summed E-state index contributed by atoms with van der Waals surface area (Å²) in [6.07, 6.45) is 16.9. The molecule has 0 saturated carbocycles. The van der Waals surface area contributed by atoms with Crippen LogP contribution in [0, 0.1) is 13.0 Å². The zero-order chi connectivity index (χ0) is 18.3. The largest absolute Gasteiger partial charge is 2.00 e. The first kappa shape index (κ1) is 29.8. The summed E-state index contributed by atoms with van der Waals surface area (Å²) in [4.78, 5) is 0. The van der Waals surface area contributed by atoms with Crippen molar-refractivity contribution in [1.29, 1.82) is 0 Å². The molecule has 0 aliphatic heterocycles. The minimum atomic E-state index is 0. The molecule has 0 aliphatic carbocycles. The van der Waals surface area contributed by atoms with E-state index in [2.05, 4.69) is 44.8 Å².